The second-order valence-corrected chi connectivity index (χ2v) is 15.0. The van der Waals surface area contributed by atoms with E-state index >= 15 is 0 Å². The Kier molecular flexibility index (Phi) is 3.39. The molecule has 0 N–H and O–H groups in total. The molecule has 2 aromatic carbocycles. The van der Waals surface area contributed by atoms with Gasteiger partial charge in [-0.1, -0.05) is 0 Å². The molecular weight excluding hydrogens is 288 g/mol. The van der Waals surface area contributed by atoms with Crippen LogP contribution in [0.15, 0.2) is 60.7 Å². The van der Waals surface area contributed by atoms with Crippen molar-refractivity contribution in [1.82, 2.24) is 0 Å². The van der Waals surface area contributed by atoms with Gasteiger partial charge < -0.3 is 0 Å². The molecule has 0 amide bonds. The molecule has 0 nitrogen and oxygen atoms in total. The van der Waals surface area contributed by atoms with Gasteiger partial charge in [0.05, 0.1) is 0 Å². The monoisotopic (exact) mass is 298 g/mol. The second kappa shape index (κ2) is 4.60. The third-order valence-electron chi connectivity index (χ3n) is 2.27. The molecule has 0 aliphatic carbocycles. The van der Waals surface area contributed by atoms with Crippen LogP contribution in [0.25, 0.3) is 0 Å². The van der Waals surface area contributed by atoms with Gasteiger partial charge in [0.1, 0.15) is 0 Å². The third kappa shape index (κ3) is 2.39. The summed E-state index contributed by atoms with van der Waals surface area (Å²) in [6.07, 6.45) is 0. The van der Waals surface area contributed by atoms with E-state index in [0.29, 0.717) is 0 Å². The average Bonchev–Trinajstić information content (AvgIpc) is 2.31. The molecule has 0 spiro atoms. The third-order valence-corrected chi connectivity index (χ3v) is 11.2. The van der Waals surface area contributed by atoms with E-state index in [1.807, 2.05) is 60.7 Å². The van der Waals surface area contributed by atoms with E-state index in [9.17, 15) is 0 Å². The van der Waals surface area contributed by atoms with Crippen molar-refractivity contribution in [3.8, 4) is 0 Å². The van der Waals surface area contributed by atoms with Crippen molar-refractivity contribution in [1.29, 1.82) is 0 Å². The van der Waals surface area contributed by atoms with Gasteiger partial charge in [-0.2, -0.15) is 0 Å². The minimum absolute atomic E-state index is 1.08. The van der Waals surface area contributed by atoms with E-state index in [1.54, 1.807) is 0 Å². The molecule has 0 saturated heterocycles. The predicted molar refractivity (Wildman–Crippen MR) is 69.6 cm³/mol. The predicted octanol–water partition coefficient (Wildman–Crippen LogP) is 2.72. The van der Waals surface area contributed by atoms with Gasteiger partial charge in [-0.15, -0.1) is 0 Å². The molecule has 0 unspecified atom stereocenters. The molecule has 0 atom stereocenters. The summed E-state index contributed by atoms with van der Waals surface area (Å²) in [5, 5.41) is 0. The van der Waals surface area contributed by atoms with Gasteiger partial charge in [-0.25, -0.2) is 0 Å². The van der Waals surface area contributed by atoms with Crippen LogP contribution < -0.4 is 8.79 Å². The summed E-state index contributed by atoms with van der Waals surface area (Å²) in [6, 6.07) is 19.9. The van der Waals surface area contributed by atoms with Crippen molar-refractivity contribution in [2.75, 3.05) is 0 Å². The molecule has 0 saturated carbocycles. The first kappa shape index (κ1) is 11.1. The van der Waals surface area contributed by atoms with Crippen LogP contribution in [0.3, 0.4) is 0 Å². The normalized spacial score (nSPS) is 11.3. The van der Waals surface area contributed by atoms with Crippen LogP contribution in [0.2, 0.25) is 0 Å². The van der Waals surface area contributed by atoms with Gasteiger partial charge in [-0.05, 0) is 0 Å². The molecule has 2 aromatic rings. The van der Waals surface area contributed by atoms with Crippen LogP contribution in [0, 0.1) is 0 Å². The van der Waals surface area contributed by atoms with E-state index < -0.39 is 11.4 Å². The summed E-state index contributed by atoms with van der Waals surface area (Å²) >= 11 is -3.05. The van der Waals surface area contributed by atoms with Crippen molar-refractivity contribution in [2.24, 2.45) is 0 Å². The Hall–Kier alpha value is -0.437. The number of hydrogen-bond acceptors (Lipinski definition) is 0. The Morgan fingerprint density at radius 1 is 0.600 bits per heavy atom. The Balaban J connectivity index is 2.44. The fraction of sp³-hybridized carbons (Fsp3) is 0. The SMILES string of the molecule is [Cl][Ge]([Cl])([c]1ccccc1)[c]1ccccc1. The summed E-state index contributed by atoms with van der Waals surface area (Å²) < 4.78 is 2.15. The molecule has 0 heterocycles. The van der Waals surface area contributed by atoms with Gasteiger partial charge in [-0.3, -0.25) is 0 Å². The number of hydrogen-bond donors (Lipinski definition) is 0. The minimum atomic E-state index is -3.05. The summed E-state index contributed by atoms with van der Waals surface area (Å²) in [5.74, 6) is 0. The van der Waals surface area contributed by atoms with Gasteiger partial charge in [0.2, 0.25) is 0 Å². The molecule has 3 heteroatoms. The zero-order chi connectivity index (χ0) is 10.7. The second-order valence-electron chi connectivity index (χ2n) is 3.31. The first-order chi connectivity index (χ1) is 7.21. The van der Waals surface area contributed by atoms with Crippen molar-refractivity contribution in [2.45, 2.75) is 0 Å². The maximum atomic E-state index is 6.54. The van der Waals surface area contributed by atoms with Crippen molar-refractivity contribution >= 4 is 40.2 Å². The van der Waals surface area contributed by atoms with E-state index in [1.165, 1.54) is 0 Å². The molecule has 0 aliphatic rings. The average molecular weight is 298 g/mol. The molecule has 15 heavy (non-hydrogen) atoms. The Morgan fingerprint density at radius 3 is 1.27 bits per heavy atom. The zero-order valence-electron chi connectivity index (χ0n) is 8.03. The van der Waals surface area contributed by atoms with Crippen molar-refractivity contribution < 1.29 is 0 Å². The van der Waals surface area contributed by atoms with Gasteiger partial charge >= 0.3 is 101 Å². The molecule has 2 rings (SSSR count). The molecule has 0 fully saturated rings. The first-order valence-corrected chi connectivity index (χ1v) is 12.3. The van der Waals surface area contributed by atoms with E-state index in [0.717, 1.165) is 8.79 Å². The first-order valence-electron chi connectivity index (χ1n) is 4.70. The standard InChI is InChI=1S/C12H10Cl2Ge/c13-15(14,11-7-3-1-4-8-11)12-9-5-2-6-10-12/h1-10H. The van der Waals surface area contributed by atoms with E-state index in [4.69, 9.17) is 20.0 Å². The topological polar surface area (TPSA) is 0 Å². The van der Waals surface area contributed by atoms with Crippen molar-refractivity contribution in [3.63, 3.8) is 0 Å². The van der Waals surface area contributed by atoms with Gasteiger partial charge in [0.15, 0.2) is 0 Å². The fourth-order valence-electron chi connectivity index (χ4n) is 1.46. The molecule has 76 valence electrons. The maximum absolute atomic E-state index is 6.54. The van der Waals surface area contributed by atoms with Crippen LogP contribution >= 0.6 is 20.0 Å². The molecule has 0 bridgehead atoms. The Morgan fingerprint density at radius 2 is 0.933 bits per heavy atom. The van der Waals surface area contributed by atoms with E-state index in [-0.39, 0.29) is 0 Å². The van der Waals surface area contributed by atoms with Crippen LogP contribution in [0.1, 0.15) is 0 Å². The quantitative estimate of drug-likeness (QED) is 0.748. The molecule has 0 aromatic heterocycles. The fourth-order valence-corrected chi connectivity index (χ4v) is 7.34. The van der Waals surface area contributed by atoms with Gasteiger partial charge in [0, 0.05) is 0 Å². The summed E-state index contributed by atoms with van der Waals surface area (Å²) in [7, 11) is 13.1. The number of halogens is 2. The Bertz CT molecular complexity index is 384. The summed E-state index contributed by atoms with van der Waals surface area (Å²) in [4.78, 5) is 0. The van der Waals surface area contributed by atoms with Crippen LogP contribution in [0.4, 0.5) is 0 Å². The summed E-state index contributed by atoms with van der Waals surface area (Å²) in [5.41, 5.74) is 0. The van der Waals surface area contributed by atoms with Crippen LogP contribution in [-0.2, 0) is 0 Å². The number of benzene rings is 2. The van der Waals surface area contributed by atoms with Crippen LogP contribution in [0.5, 0.6) is 0 Å². The number of rotatable bonds is 2. The molecular formula is C12H10Cl2Ge. The van der Waals surface area contributed by atoms with E-state index in [2.05, 4.69) is 0 Å². The zero-order valence-corrected chi connectivity index (χ0v) is 11.6. The van der Waals surface area contributed by atoms with Gasteiger partial charge in [0.25, 0.3) is 0 Å². The summed E-state index contributed by atoms with van der Waals surface area (Å²) in [6.45, 7) is 0. The van der Waals surface area contributed by atoms with Crippen LogP contribution in [-0.4, -0.2) is 11.4 Å². The molecule has 0 radical (unpaired) electrons. The molecule has 0 aliphatic heterocycles. The van der Waals surface area contributed by atoms with Crippen molar-refractivity contribution in [3.05, 3.63) is 60.7 Å². The Labute approximate surface area is 101 Å².